The van der Waals surface area contributed by atoms with Crippen molar-refractivity contribution < 1.29 is 9.63 Å². The number of hydrogen-bond donors (Lipinski definition) is 2. The van der Waals surface area contributed by atoms with Gasteiger partial charge in [-0.25, -0.2) is 15.3 Å². The molecule has 0 aliphatic rings. The Bertz CT molecular complexity index is 814. The Hall–Kier alpha value is -2.86. The minimum Gasteiger partial charge on any atom is -0.329 e. The molecule has 0 bridgehead atoms. The smallest absolute Gasteiger partial charge is 0.329 e. The van der Waals surface area contributed by atoms with E-state index in [4.69, 9.17) is 0 Å². The Morgan fingerprint density at radius 1 is 1.13 bits per heavy atom. The summed E-state index contributed by atoms with van der Waals surface area (Å²) in [6.45, 7) is 0. The third kappa shape index (κ3) is 3.02. The monoisotopic (exact) mass is 310 g/mol. The largest absolute Gasteiger partial charge is 0.339 e. The van der Waals surface area contributed by atoms with Crippen molar-refractivity contribution in [3.63, 3.8) is 0 Å². The first kappa shape index (κ1) is 15.1. The number of nitrogens with zero attached hydrogens (tertiary/aromatic N) is 2. The number of nitrogens with one attached hydrogen (secondary N) is 2. The third-order valence-corrected chi connectivity index (χ3v) is 3.68. The van der Waals surface area contributed by atoms with Crippen molar-refractivity contribution in [3.8, 4) is 0 Å². The number of hydroxylamine groups is 1. The number of para-hydroxylation sites is 2. The average molecular weight is 310 g/mol. The fraction of sp³-hybridized carbons (Fsp3) is 0.176. The van der Waals surface area contributed by atoms with Gasteiger partial charge in [0.15, 0.2) is 0 Å². The standard InChI is InChI=1S/C17H18N4O2/c1-21-14-11-7-6-10-13(14)18-16(21)15(19-17(22)20-23-2)12-8-4-3-5-9-12/h3-11,15H,1-2H3,(H2,19,20,22)/t15-/m0/s1. The lowest BCUT2D eigenvalue weighted by atomic mass is 10.1. The van der Waals surface area contributed by atoms with Crippen LogP contribution in [0.2, 0.25) is 0 Å². The molecular formula is C17H18N4O2. The highest BCUT2D eigenvalue weighted by Gasteiger charge is 2.22. The molecule has 0 fully saturated rings. The molecule has 1 atom stereocenters. The molecule has 0 radical (unpaired) electrons. The maximum absolute atomic E-state index is 11.9. The number of urea groups is 1. The topological polar surface area (TPSA) is 68.2 Å². The summed E-state index contributed by atoms with van der Waals surface area (Å²) < 4.78 is 1.99. The molecule has 0 spiro atoms. The van der Waals surface area contributed by atoms with Crippen molar-refractivity contribution in [2.75, 3.05) is 7.11 Å². The van der Waals surface area contributed by atoms with Crippen molar-refractivity contribution >= 4 is 17.1 Å². The molecule has 3 aromatic rings. The number of rotatable bonds is 4. The number of carbonyl (C=O) groups is 1. The maximum atomic E-state index is 11.9. The number of benzene rings is 2. The van der Waals surface area contributed by atoms with Crippen molar-refractivity contribution in [3.05, 3.63) is 66.0 Å². The summed E-state index contributed by atoms with van der Waals surface area (Å²) in [4.78, 5) is 21.3. The van der Waals surface area contributed by atoms with Gasteiger partial charge in [-0.15, -0.1) is 0 Å². The molecule has 6 heteroatoms. The molecule has 1 aromatic heterocycles. The van der Waals surface area contributed by atoms with Gasteiger partial charge in [-0.1, -0.05) is 42.5 Å². The summed E-state index contributed by atoms with van der Waals surface area (Å²) in [5, 5.41) is 2.89. The molecule has 0 saturated heterocycles. The first-order chi connectivity index (χ1) is 11.2. The van der Waals surface area contributed by atoms with Crippen LogP contribution in [0.4, 0.5) is 4.79 Å². The van der Waals surface area contributed by atoms with E-state index >= 15 is 0 Å². The van der Waals surface area contributed by atoms with E-state index in [-0.39, 0.29) is 6.04 Å². The van der Waals surface area contributed by atoms with Gasteiger partial charge in [0.1, 0.15) is 11.9 Å². The van der Waals surface area contributed by atoms with Gasteiger partial charge in [0.05, 0.1) is 18.1 Å². The van der Waals surface area contributed by atoms with Crippen LogP contribution in [0.3, 0.4) is 0 Å². The van der Waals surface area contributed by atoms with E-state index in [0.29, 0.717) is 0 Å². The number of hydrogen-bond acceptors (Lipinski definition) is 3. The van der Waals surface area contributed by atoms with Crippen LogP contribution < -0.4 is 10.8 Å². The molecule has 3 rings (SSSR count). The van der Waals surface area contributed by atoms with Gasteiger partial charge >= 0.3 is 6.03 Å². The van der Waals surface area contributed by atoms with Gasteiger partial charge in [-0.3, -0.25) is 4.84 Å². The second kappa shape index (κ2) is 6.50. The van der Waals surface area contributed by atoms with Gasteiger partial charge in [-0.2, -0.15) is 0 Å². The van der Waals surface area contributed by atoms with E-state index in [1.54, 1.807) is 0 Å². The fourth-order valence-corrected chi connectivity index (χ4v) is 2.62. The molecule has 2 aromatic carbocycles. The van der Waals surface area contributed by atoms with E-state index in [0.717, 1.165) is 22.4 Å². The Balaban J connectivity index is 2.06. The van der Waals surface area contributed by atoms with Gasteiger partial charge in [0.25, 0.3) is 0 Å². The Kier molecular flexibility index (Phi) is 4.25. The number of carbonyl (C=O) groups excluding carboxylic acids is 1. The SMILES string of the molecule is CONC(=O)N[C@@H](c1ccccc1)c1nc2ccccc2n1C. The summed E-state index contributed by atoms with van der Waals surface area (Å²) in [7, 11) is 3.34. The number of imidazole rings is 1. The van der Waals surface area contributed by atoms with Crippen molar-refractivity contribution in [1.82, 2.24) is 20.3 Å². The van der Waals surface area contributed by atoms with Crippen LogP contribution in [0.5, 0.6) is 0 Å². The highest BCUT2D eigenvalue weighted by atomic mass is 16.6. The van der Waals surface area contributed by atoms with Gasteiger partial charge < -0.3 is 9.88 Å². The molecule has 2 N–H and O–H groups in total. The predicted octanol–water partition coefficient (Wildman–Crippen LogP) is 2.52. The number of aryl methyl sites for hydroxylation is 1. The second-order valence-corrected chi connectivity index (χ2v) is 5.14. The normalized spacial score (nSPS) is 12.1. The first-order valence-electron chi connectivity index (χ1n) is 7.26. The molecule has 0 saturated carbocycles. The Morgan fingerprint density at radius 3 is 2.52 bits per heavy atom. The summed E-state index contributed by atoms with van der Waals surface area (Å²) in [6, 6.07) is 16.8. The van der Waals surface area contributed by atoms with Gasteiger partial charge in [0, 0.05) is 7.05 Å². The summed E-state index contributed by atoms with van der Waals surface area (Å²) in [6.07, 6.45) is 0. The van der Waals surface area contributed by atoms with Crippen LogP contribution in [0.15, 0.2) is 54.6 Å². The quantitative estimate of drug-likeness (QED) is 0.728. The minimum absolute atomic E-state index is 0.385. The lowest BCUT2D eigenvalue weighted by molar-refractivity contribution is 0.106. The van der Waals surface area contributed by atoms with Crippen LogP contribution in [-0.2, 0) is 11.9 Å². The zero-order valence-corrected chi connectivity index (χ0v) is 13.0. The number of fused-ring (bicyclic) bond motifs is 1. The zero-order chi connectivity index (χ0) is 16.2. The molecule has 23 heavy (non-hydrogen) atoms. The number of amides is 2. The highest BCUT2D eigenvalue weighted by Crippen LogP contribution is 2.24. The minimum atomic E-state index is -0.423. The molecule has 0 aliphatic heterocycles. The van der Waals surface area contributed by atoms with E-state index in [2.05, 4.69) is 20.6 Å². The molecule has 0 unspecified atom stereocenters. The van der Waals surface area contributed by atoms with Crippen LogP contribution in [0, 0.1) is 0 Å². The average Bonchev–Trinajstić information content (AvgIpc) is 2.91. The summed E-state index contributed by atoms with van der Waals surface area (Å²) in [5.41, 5.74) is 5.12. The third-order valence-electron chi connectivity index (χ3n) is 3.68. The first-order valence-corrected chi connectivity index (χ1v) is 7.26. The van der Waals surface area contributed by atoms with E-state index in [9.17, 15) is 4.79 Å². The van der Waals surface area contributed by atoms with Crippen LogP contribution in [0.1, 0.15) is 17.4 Å². The Morgan fingerprint density at radius 2 is 1.83 bits per heavy atom. The van der Waals surface area contributed by atoms with Crippen LogP contribution >= 0.6 is 0 Å². The lowest BCUT2D eigenvalue weighted by Gasteiger charge is -2.19. The van der Waals surface area contributed by atoms with E-state index in [1.807, 2.05) is 66.2 Å². The fourth-order valence-electron chi connectivity index (χ4n) is 2.62. The number of aromatic nitrogens is 2. The van der Waals surface area contributed by atoms with Gasteiger partial charge in [0.2, 0.25) is 0 Å². The van der Waals surface area contributed by atoms with E-state index < -0.39 is 6.03 Å². The maximum Gasteiger partial charge on any atom is 0.339 e. The van der Waals surface area contributed by atoms with Crippen LogP contribution in [-0.4, -0.2) is 22.7 Å². The second-order valence-electron chi connectivity index (χ2n) is 5.14. The Labute approximate surface area is 134 Å². The molecular weight excluding hydrogens is 292 g/mol. The van der Waals surface area contributed by atoms with Crippen molar-refractivity contribution in [2.45, 2.75) is 6.04 Å². The zero-order valence-electron chi connectivity index (χ0n) is 13.0. The predicted molar refractivity (Wildman–Crippen MR) is 87.7 cm³/mol. The molecule has 2 amide bonds. The molecule has 6 nitrogen and oxygen atoms in total. The van der Waals surface area contributed by atoms with Gasteiger partial charge in [-0.05, 0) is 17.7 Å². The van der Waals surface area contributed by atoms with Crippen molar-refractivity contribution in [1.29, 1.82) is 0 Å². The molecule has 0 aliphatic carbocycles. The summed E-state index contributed by atoms with van der Waals surface area (Å²) in [5.74, 6) is 0.753. The van der Waals surface area contributed by atoms with Crippen molar-refractivity contribution in [2.24, 2.45) is 7.05 Å². The molecule has 1 heterocycles. The highest BCUT2D eigenvalue weighted by molar-refractivity contribution is 5.77. The summed E-state index contributed by atoms with van der Waals surface area (Å²) >= 11 is 0. The van der Waals surface area contributed by atoms with E-state index in [1.165, 1.54) is 7.11 Å². The lowest BCUT2D eigenvalue weighted by Crippen LogP contribution is -2.38. The molecule has 118 valence electrons. The van der Waals surface area contributed by atoms with Crippen LogP contribution in [0.25, 0.3) is 11.0 Å².